The summed E-state index contributed by atoms with van der Waals surface area (Å²) in [6.07, 6.45) is 7.47. The molecule has 3 aromatic heterocycles. The third-order valence-corrected chi connectivity index (χ3v) is 4.10. The summed E-state index contributed by atoms with van der Waals surface area (Å²) < 4.78 is 1.67. The summed E-state index contributed by atoms with van der Waals surface area (Å²) in [7, 11) is 0. The second-order valence-electron chi connectivity index (χ2n) is 5.80. The molecule has 0 aliphatic rings. The minimum atomic E-state index is -0.104. The van der Waals surface area contributed by atoms with E-state index in [1.54, 1.807) is 35.7 Å². The van der Waals surface area contributed by atoms with Crippen LogP contribution in [0, 0.1) is 0 Å². The van der Waals surface area contributed by atoms with E-state index >= 15 is 0 Å². The number of hydrogen-bond acceptors (Lipinski definition) is 5. The minimum Gasteiger partial charge on any atom is -0.330 e. The highest BCUT2D eigenvalue weighted by atomic mass is 16.2. The molecule has 1 amide bonds. The Morgan fingerprint density at radius 2 is 2.00 bits per heavy atom. The Labute approximate surface area is 146 Å². The summed E-state index contributed by atoms with van der Waals surface area (Å²) >= 11 is 0. The van der Waals surface area contributed by atoms with Gasteiger partial charge in [-0.1, -0.05) is 19.1 Å². The molecule has 0 aliphatic carbocycles. The minimum absolute atomic E-state index is 0.0908. The van der Waals surface area contributed by atoms with Crippen molar-refractivity contribution in [2.24, 2.45) is 0 Å². The Bertz CT molecular complexity index is 819. The molecule has 0 saturated heterocycles. The van der Waals surface area contributed by atoms with E-state index in [0.717, 1.165) is 12.0 Å². The number of pyridine rings is 2. The molecule has 1 atom stereocenters. The molecule has 0 aliphatic heterocycles. The van der Waals surface area contributed by atoms with Crippen LogP contribution >= 0.6 is 0 Å². The van der Waals surface area contributed by atoms with Gasteiger partial charge in [0.2, 0.25) is 0 Å². The monoisotopic (exact) mass is 336 g/mol. The first-order valence-electron chi connectivity index (χ1n) is 8.21. The molecule has 0 N–H and O–H groups in total. The lowest BCUT2D eigenvalue weighted by Gasteiger charge is -2.28. The van der Waals surface area contributed by atoms with Crippen molar-refractivity contribution < 1.29 is 4.79 Å². The van der Waals surface area contributed by atoms with Crippen LogP contribution in [0.25, 0.3) is 5.82 Å². The van der Waals surface area contributed by atoms with Gasteiger partial charge < -0.3 is 4.90 Å². The van der Waals surface area contributed by atoms with Gasteiger partial charge in [-0.3, -0.25) is 14.3 Å². The van der Waals surface area contributed by atoms with Gasteiger partial charge in [0, 0.05) is 25.0 Å². The van der Waals surface area contributed by atoms with Gasteiger partial charge in [0.25, 0.3) is 5.91 Å². The zero-order valence-electron chi connectivity index (χ0n) is 14.3. The van der Waals surface area contributed by atoms with E-state index < -0.39 is 0 Å². The topological polar surface area (TPSA) is 76.8 Å². The van der Waals surface area contributed by atoms with Crippen LogP contribution in [0.2, 0.25) is 0 Å². The Morgan fingerprint density at radius 1 is 1.20 bits per heavy atom. The molecule has 0 aromatic carbocycles. The molecule has 0 unspecified atom stereocenters. The predicted octanol–water partition coefficient (Wildman–Crippen LogP) is 2.50. The van der Waals surface area contributed by atoms with Crippen molar-refractivity contribution in [1.82, 2.24) is 29.6 Å². The fraction of sp³-hybridized carbons (Fsp3) is 0.278. The summed E-state index contributed by atoms with van der Waals surface area (Å²) in [6, 6.07) is 9.29. The molecule has 128 valence electrons. The van der Waals surface area contributed by atoms with Gasteiger partial charge >= 0.3 is 0 Å². The van der Waals surface area contributed by atoms with Crippen LogP contribution < -0.4 is 0 Å². The van der Waals surface area contributed by atoms with Crippen LogP contribution in [-0.4, -0.2) is 41.6 Å². The Hall–Kier alpha value is -3.09. The van der Waals surface area contributed by atoms with E-state index in [2.05, 4.69) is 27.1 Å². The fourth-order valence-electron chi connectivity index (χ4n) is 2.49. The molecule has 0 bridgehead atoms. The first-order valence-corrected chi connectivity index (χ1v) is 8.21. The van der Waals surface area contributed by atoms with Crippen LogP contribution in [0.1, 0.15) is 36.3 Å². The van der Waals surface area contributed by atoms with Gasteiger partial charge in [0.05, 0.1) is 0 Å². The smallest absolute Gasteiger partial charge is 0.273 e. The van der Waals surface area contributed by atoms with Crippen LogP contribution in [0.5, 0.6) is 0 Å². The third-order valence-electron chi connectivity index (χ3n) is 4.10. The summed E-state index contributed by atoms with van der Waals surface area (Å²) in [6.45, 7) is 4.60. The number of nitrogens with zero attached hydrogens (tertiary/aromatic N) is 6. The number of rotatable bonds is 6. The summed E-state index contributed by atoms with van der Waals surface area (Å²) in [5.74, 6) is 0.509. The third kappa shape index (κ3) is 3.88. The number of aromatic nitrogens is 5. The van der Waals surface area contributed by atoms with Crippen LogP contribution in [0.4, 0.5) is 0 Å². The number of hydrogen-bond donors (Lipinski definition) is 0. The van der Waals surface area contributed by atoms with E-state index in [1.807, 2.05) is 36.1 Å². The van der Waals surface area contributed by atoms with E-state index in [-0.39, 0.29) is 11.9 Å². The molecule has 3 heterocycles. The van der Waals surface area contributed by atoms with Gasteiger partial charge in [-0.25, -0.2) is 4.98 Å². The number of amides is 1. The van der Waals surface area contributed by atoms with Crippen molar-refractivity contribution in [2.45, 2.75) is 32.9 Å². The second-order valence-corrected chi connectivity index (χ2v) is 5.80. The molecule has 3 rings (SSSR count). The number of carbonyl (C=O) groups is 1. The molecule has 0 radical (unpaired) electrons. The molecule has 0 saturated carbocycles. The first kappa shape index (κ1) is 16.8. The van der Waals surface area contributed by atoms with E-state index in [9.17, 15) is 4.79 Å². The lowest BCUT2D eigenvalue weighted by Crippen LogP contribution is -2.38. The van der Waals surface area contributed by atoms with Gasteiger partial charge in [0.1, 0.15) is 24.2 Å². The standard InChI is InChI=1S/C18H20N6O/c1-3-14(2)24(11-15-6-5-9-19-10-15)18(25)16-7-4-8-17(22-16)23-12-20-21-13-23/h4-10,12-14H,3,11H2,1-2H3/t14-/m0/s1. The predicted molar refractivity (Wildman–Crippen MR) is 93.0 cm³/mol. The molecule has 25 heavy (non-hydrogen) atoms. The SMILES string of the molecule is CC[C@H](C)N(Cc1cccnc1)C(=O)c1cccc(-n2cnnc2)n1. The molecule has 0 fully saturated rings. The quantitative estimate of drug-likeness (QED) is 0.691. The normalized spacial score (nSPS) is 11.9. The maximum absolute atomic E-state index is 13.1. The van der Waals surface area contributed by atoms with Crippen molar-refractivity contribution in [3.63, 3.8) is 0 Å². The average Bonchev–Trinajstić information content (AvgIpc) is 3.21. The fourth-order valence-corrected chi connectivity index (χ4v) is 2.49. The van der Waals surface area contributed by atoms with Gasteiger partial charge in [-0.15, -0.1) is 10.2 Å². The summed E-state index contributed by atoms with van der Waals surface area (Å²) in [4.78, 5) is 23.5. The van der Waals surface area contributed by atoms with E-state index in [1.165, 1.54) is 0 Å². The highest BCUT2D eigenvalue weighted by Crippen LogP contribution is 2.15. The van der Waals surface area contributed by atoms with E-state index in [0.29, 0.717) is 18.1 Å². The maximum Gasteiger partial charge on any atom is 0.273 e. The highest BCUT2D eigenvalue weighted by molar-refractivity contribution is 5.92. The Kier molecular flexibility index (Phi) is 5.13. The molecule has 7 heteroatoms. The van der Waals surface area contributed by atoms with Crippen molar-refractivity contribution in [3.05, 3.63) is 66.6 Å². The lowest BCUT2D eigenvalue weighted by molar-refractivity contribution is 0.0665. The average molecular weight is 336 g/mol. The Morgan fingerprint density at radius 3 is 2.68 bits per heavy atom. The van der Waals surface area contributed by atoms with Gasteiger partial charge in [-0.2, -0.15) is 0 Å². The summed E-state index contributed by atoms with van der Waals surface area (Å²) in [5, 5.41) is 7.55. The van der Waals surface area contributed by atoms with Crippen LogP contribution in [0.15, 0.2) is 55.4 Å². The van der Waals surface area contributed by atoms with Crippen LogP contribution in [-0.2, 0) is 6.54 Å². The Balaban J connectivity index is 1.88. The van der Waals surface area contributed by atoms with Crippen molar-refractivity contribution in [2.75, 3.05) is 0 Å². The van der Waals surface area contributed by atoms with Crippen molar-refractivity contribution >= 4 is 5.91 Å². The zero-order valence-corrected chi connectivity index (χ0v) is 14.3. The van der Waals surface area contributed by atoms with Gasteiger partial charge in [0.15, 0.2) is 0 Å². The van der Waals surface area contributed by atoms with Crippen molar-refractivity contribution in [1.29, 1.82) is 0 Å². The molecular formula is C18H20N6O. The van der Waals surface area contributed by atoms with Crippen LogP contribution in [0.3, 0.4) is 0 Å². The van der Waals surface area contributed by atoms with Crippen molar-refractivity contribution in [3.8, 4) is 5.82 Å². The largest absolute Gasteiger partial charge is 0.330 e. The van der Waals surface area contributed by atoms with E-state index in [4.69, 9.17) is 0 Å². The lowest BCUT2D eigenvalue weighted by atomic mass is 10.1. The molecular weight excluding hydrogens is 316 g/mol. The highest BCUT2D eigenvalue weighted by Gasteiger charge is 2.22. The first-order chi connectivity index (χ1) is 12.2. The maximum atomic E-state index is 13.1. The molecule has 0 spiro atoms. The van der Waals surface area contributed by atoms with Gasteiger partial charge in [-0.05, 0) is 37.1 Å². The number of carbonyl (C=O) groups excluding carboxylic acids is 1. The summed E-state index contributed by atoms with van der Waals surface area (Å²) in [5.41, 5.74) is 1.39. The zero-order chi connectivity index (χ0) is 17.6. The molecule has 7 nitrogen and oxygen atoms in total. The second kappa shape index (κ2) is 7.65. The molecule has 3 aromatic rings.